The molecule has 3 aromatic carbocycles. The Bertz CT molecular complexity index is 1630. The molecule has 0 radical (unpaired) electrons. The molecule has 0 unspecified atom stereocenters. The van der Waals surface area contributed by atoms with E-state index < -0.39 is 0 Å². The van der Waals surface area contributed by atoms with E-state index in [1.54, 1.807) is 0 Å². The summed E-state index contributed by atoms with van der Waals surface area (Å²) < 4.78 is 14.1. The molecule has 1 aliphatic heterocycles. The number of likely N-dealkylation sites (N-methyl/N-ethyl adjacent to an activating group) is 1. The second kappa shape index (κ2) is 14.9. The summed E-state index contributed by atoms with van der Waals surface area (Å²) in [6.07, 6.45) is 5.56. The first-order valence-corrected chi connectivity index (χ1v) is 15.6. The fourth-order valence-corrected chi connectivity index (χ4v) is 5.40. The number of nitrogens with one attached hydrogen (secondary N) is 1. The average Bonchev–Trinajstić information content (AvgIpc) is 3.37. The number of amides is 2. The first kappa shape index (κ1) is 31.8. The van der Waals surface area contributed by atoms with Crippen molar-refractivity contribution in [2.24, 2.45) is 0 Å². The molecule has 0 atom stereocenters. The van der Waals surface area contributed by atoms with Crippen LogP contribution >= 0.6 is 0 Å². The topological polar surface area (TPSA) is 88.9 Å². The van der Waals surface area contributed by atoms with Crippen molar-refractivity contribution in [3.05, 3.63) is 95.3 Å². The molecule has 236 valence electrons. The van der Waals surface area contributed by atoms with Crippen LogP contribution in [0.25, 0.3) is 11.1 Å². The van der Waals surface area contributed by atoms with Gasteiger partial charge in [0.1, 0.15) is 5.75 Å². The Kier molecular flexibility index (Phi) is 10.5. The van der Waals surface area contributed by atoms with E-state index in [1.165, 1.54) is 5.56 Å². The number of ether oxygens (including phenoxy) is 2. The van der Waals surface area contributed by atoms with Gasteiger partial charge in [0.05, 0.1) is 31.6 Å². The van der Waals surface area contributed by atoms with Crippen LogP contribution in [0.1, 0.15) is 46.3 Å². The molecule has 9 heteroatoms. The number of hydrogen-bond acceptors (Lipinski definition) is 6. The number of para-hydroxylation sites is 1. The Morgan fingerprint density at radius 2 is 1.89 bits per heavy atom. The van der Waals surface area contributed by atoms with E-state index in [0.29, 0.717) is 57.0 Å². The highest BCUT2D eigenvalue weighted by Crippen LogP contribution is 2.40. The summed E-state index contributed by atoms with van der Waals surface area (Å²) in [7, 11) is 3.96. The lowest BCUT2D eigenvalue weighted by molar-refractivity contribution is -0.118. The number of aryl methyl sites for hydroxylation is 1. The lowest BCUT2D eigenvalue weighted by Gasteiger charge is -2.23. The van der Waals surface area contributed by atoms with Gasteiger partial charge in [0.15, 0.2) is 5.75 Å². The van der Waals surface area contributed by atoms with Gasteiger partial charge in [-0.25, -0.2) is 0 Å². The van der Waals surface area contributed by atoms with E-state index in [-0.39, 0.29) is 11.8 Å². The minimum Gasteiger partial charge on any atom is -0.493 e. The number of carbonyl (C=O) groups is 2. The number of carbonyl (C=O) groups excluding carboxylic acids is 2. The molecular formula is C36H43N5O4. The first-order valence-electron chi connectivity index (χ1n) is 15.6. The summed E-state index contributed by atoms with van der Waals surface area (Å²) >= 11 is 0. The zero-order valence-corrected chi connectivity index (χ0v) is 26.7. The molecule has 2 heterocycles. The summed E-state index contributed by atoms with van der Waals surface area (Å²) in [6, 6.07) is 19.6. The van der Waals surface area contributed by atoms with Crippen molar-refractivity contribution in [3.8, 4) is 22.6 Å². The van der Waals surface area contributed by atoms with Crippen LogP contribution < -0.4 is 19.7 Å². The van der Waals surface area contributed by atoms with E-state index >= 15 is 0 Å². The lowest BCUT2D eigenvalue weighted by Crippen LogP contribution is -2.31. The zero-order chi connectivity index (χ0) is 31.8. The quantitative estimate of drug-likeness (QED) is 0.214. The van der Waals surface area contributed by atoms with E-state index in [4.69, 9.17) is 9.47 Å². The standard InChI is InChI=1S/C36H43N5O4/c1-26-10-5-15-33(27(26)2)44-20-8-16-34(42)41-18-9-21-45-35-31(13-7-14-32(35)41)30-23-38-40(25-30)24-28-11-6-12-29(22-28)36(43)37-17-19-39(3)4/h5-7,10-15,22-23,25H,8-9,16-21,24H2,1-4H3,(H,37,43). The van der Waals surface area contributed by atoms with Crippen LogP contribution in [0.2, 0.25) is 0 Å². The predicted molar refractivity (Wildman–Crippen MR) is 177 cm³/mol. The van der Waals surface area contributed by atoms with Gasteiger partial charge in [-0.2, -0.15) is 5.10 Å². The van der Waals surface area contributed by atoms with Gasteiger partial charge in [-0.1, -0.05) is 36.4 Å². The van der Waals surface area contributed by atoms with E-state index in [0.717, 1.165) is 46.7 Å². The van der Waals surface area contributed by atoms with Crippen LogP contribution in [-0.2, 0) is 11.3 Å². The Labute approximate surface area is 265 Å². The molecule has 0 fully saturated rings. The summed E-state index contributed by atoms with van der Waals surface area (Å²) in [6.45, 7) is 7.63. The molecule has 5 rings (SSSR count). The maximum atomic E-state index is 13.4. The zero-order valence-electron chi connectivity index (χ0n) is 26.7. The second-order valence-electron chi connectivity index (χ2n) is 11.7. The van der Waals surface area contributed by atoms with Crippen LogP contribution in [0.5, 0.6) is 11.5 Å². The fourth-order valence-electron chi connectivity index (χ4n) is 5.40. The van der Waals surface area contributed by atoms with Gasteiger partial charge in [0.25, 0.3) is 5.91 Å². The Balaban J connectivity index is 1.24. The van der Waals surface area contributed by atoms with E-state index in [1.807, 2.05) is 95.6 Å². The molecule has 9 nitrogen and oxygen atoms in total. The van der Waals surface area contributed by atoms with Crippen molar-refractivity contribution in [2.45, 2.75) is 39.7 Å². The Morgan fingerprint density at radius 1 is 1.07 bits per heavy atom. The van der Waals surface area contributed by atoms with Gasteiger partial charge in [0, 0.05) is 48.9 Å². The van der Waals surface area contributed by atoms with Crippen LogP contribution in [0.3, 0.4) is 0 Å². The molecule has 1 aliphatic rings. The van der Waals surface area contributed by atoms with Crippen LogP contribution in [-0.4, -0.2) is 73.4 Å². The number of aromatic nitrogens is 2. The van der Waals surface area contributed by atoms with Gasteiger partial charge in [-0.3, -0.25) is 14.3 Å². The first-order chi connectivity index (χ1) is 21.8. The molecule has 1 aromatic heterocycles. The third kappa shape index (κ3) is 8.10. The molecule has 0 saturated heterocycles. The lowest BCUT2D eigenvalue weighted by atomic mass is 10.1. The van der Waals surface area contributed by atoms with Gasteiger partial charge in [-0.15, -0.1) is 0 Å². The van der Waals surface area contributed by atoms with E-state index in [2.05, 4.69) is 30.3 Å². The molecule has 4 aromatic rings. The largest absolute Gasteiger partial charge is 0.493 e. The van der Waals surface area contributed by atoms with Crippen molar-refractivity contribution >= 4 is 17.5 Å². The van der Waals surface area contributed by atoms with Crippen LogP contribution in [0, 0.1) is 13.8 Å². The number of nitrogens with zero attached hydrogens (tertiary/aromatic N) is 4. The van der Waals surface area contributed by atoms with E-state index in [9.17, 15) is 9.59 Å². The normalized spacial score (nSPS) is 12.8. The fraction of sp³-hybridized carbons (Fsp3) is 0.361. The molecular weight excluding hydrogens is 566 g/mol. The summed E-state index contributed by atoms with van der Waals surface area (Å²) in [4.78, 5) is 29.9. The maximum absolute atomic E-state index is 13.4. The number of benzene rings is 3. The molecule has 0 saturated carbocycles. The number of anilines is 1. The minimum absolute atomic E-state index is 0.0600. The van der Waals surface area contributed by atoms with Gasteiger partial charge in [0.2, 0.25) is 5.91 Å². The average molecular weight is 610 g/mol. The Hall–Kier alpha value is -4.63. The monoisotopic (exact) mass is 609 g/mol. The highest BCUT2D eigenvalue weighted by atomic mass is 16.5. The van der Waals surface area contributed by atoms with Crippen molar-refractivity contribution < 1.29 is 19.1 Å². The molecule has 2 amide bonds. The van der Waals surface area contributed by atoms with Crippen molar-refractivity contribution in [3.63, 3.8) is 0 Å². The SMILES string of the molecule is Cc1cccc(OCCCC(=O)N2CCCOc3c(-c4cnn(Cc5cccc(C(=O)NCCN(C)C)c5)c4)cccc32)c1C. The van der Waals surface area contributed by atoms with Gasteiger partial charge >= 0.3 is 0 Å². The molecule has 0 bridgehead atoms. The predicted octanol–water partition coefficient (Wildman–Crippen LogP) is 5.48. The summed E-state index contributed by atoms with van der Waals surface area (Å²) in [5.74, 6) is 1.54. The smallest absolute Gasteiger partial charge is 0.251 e. The highest BCUT2D eigenvalue weighted by Gasteiger charge is 2.25. The molecule has 1 N–H and O–H groups in total. The number of rotatable bonds is 12. The Morgan fingerprint density at radius 3 is 2.73 bits per heavy atom. The minimum atomic E-state index is -0.0861. The number of hydrogen-bond donors (Lipinski definition) is 1. The summed E-state index contributed by atoms with van der Waals surface area (Å²) in [5, 5.41) is 7.57. The molecule has 0 spiro atoms. The van der Waals surface area contributed by atoms with Gasteiger partial charge < -0.3 is 24.6 Å². The third-order valence-electron chi connectivity index (χ3n) is 8.03. The summed E-state index contributed by atoms with van der Waals surface area (Å²) in [5.41, 5.74) is 6.51. The highest BCUT2D eigenvalue weighted by molar-refractivity contribution is 5.97. The van der Waals surface area contributed by atoms with Crippen LogP contribution in [0.4, 0.5) is 5.69 Å². The maximum Gasteiger partial charge on any atom is 0.251 e. The van der Waals surface area contributed by atoms with Crippen molar-refractivity contribution in [1.82, 2.24) is 20.0 Å². The van der Waals surface area contributed by atoms with Crippen LogP contribution in [0.15, 0.2) is 73.1 Å². The molecule has 0 aliphatic carbocycles. The van der Waals surface area contributed by atoms with Crippen molar-refractivity contribution in [1.29, 1.82) is 0 Å². The van der Waals surface area contributed by atoms with Gasteiger partial charge in [-0.05, 0) is 81.7 Å². The van der Waals surface area contributed by atoms with Crippen molar-refractivity contribution in [2.75, 3.05) is 51.8 Å². The third-order valence-corrected chi connectivity index (χ3v) is 8.03. The molecule has 45 heavy (non-hydrogen) atoms. The number of fused-ring (bicyclic) bond motifs is 1. The second-order valence-corrected chi connectivity index (χ2v) is 11.7.